The number of carbonyl (C=O) groups excluding carboxylic acids is 2. The summed E-state index contributed by atoms with van der Waals surface area (Å²) in [5.74, 6) is -0.175. The van der Waals surface area contributed by atoms with Gasteiger partial charge in [-0.1, -0.05) is 5.92 Å². The van der Waals surface area contributed by atoms with Gasteiger partial charge in [-0.15, -0.1) is 6.42 Å². The quantitative estimate of drug-likeness (QED) is 0.589. The fourth-order valence-corrected chi connectivity index (χ4v) is 2.31. The molecule has 0 aliphatic carbocycles. The Kier molecular flexibility index (Phi) is 2.82. The number of nitrogen functional groups attached to an aromatic ring is 1. The van der Waals surface area contributed by atoms with Crippen LogP contribution < -0.4 is 16.6 Å². The number of amides is 2. The number of fused-ring (bicyclic) bond motifs is 1. The number of anilines is 1. The second-order valence-corrected chi connectivity index (χ2v) is 4.58. The first kappa shape index (κ1) is 13.6. The molecule has 108 valence electrons. The summed E-state index contributed by atoms with van der Waals surface area (Å²) in [5, 5.41) is 2.05. The monoisotopic (exact) mass is 297 g/mol. The van der Waals surface area contributed by atoms with E-state index in [1.807, 2.05) is 5.32 Å². The van der Waals surface area contributed by atoms with Crippen LogP contribution in [-0.2, 0) is 0 Å². The Morgan fingerprint density at radius 1 is 1.18 bits per heavy atom. The van der Waals surface area contributed by atoms with Crippen LogP contribution in [0.1, 0.15) is 26.3 Å². The molecule has 0 bridgehead atoms. The van der Waals surface area contributed by atoms with Gasteiger partial charge in [0.15, 0.2) is 0 Å². The maximum Gasteiger partial charge on any atom is 0.262 e. The van der Waals surface area contributed by atoms with Crippen molar-refractivity contribution < 1.29 is 14.0 Å². The van der Waals surface area contributed by atoms with Crippen molar-refractivity contribution in [2.75, 3.05) is 5.73 Å². The summed E-state index contributed by atoms with van der Waals surface area (Å²) in [6, 6.07) is 4.74. The van der Waals surface area contributed by atoms with E-state index in [0.29, 0.717) is 0 Å². The number of hydrogen-bond donors (Lipinski definition) is 2. The van der Waals surface area contributed by atoms with E-state index >= 15 is 0 Å². The van der Waals surface area contributed by atoms with E-state index in [2.05, 4.69) is 5.92 Å². The molecule has 1 aromatic heterocycles. The topological polar surface area (TPSA) is 94.2 Å². The van der Waals surface area contributed by atoms with Gasteiger partial charge in [0.25, 0.3) is 17.4 Å². The van der Waals surface area contributed by atoms with Gasteiger partial charge in [-0.3, -0.25) is 24.3 Å². The third-order valence-electron chi connectivity index (χ3n) is 3.32. The van der Waals surface area contributed by atoms with E-state index in [-0.39, 0.29) is 28.2 Å². The normalized spacial score (nSPS) is 12.7. The molecule has 1 aliphatic heterocycles. The summed E-state index contributed by atoms with van der Waals surface area (Å²) < 4.78 is 14.7. The molecule has 3 rings (SSSR count). The van der Waals surface area contributed by atoms with Gasteiger partial charge in [0.1, 0.15) is 11.6 Å². The lowest BCUT2D eigenvalue weighted by Gasteiger charge is -2.12. The number of pyridine rings is 1. The molecule has 22 heavy (non-hydrogen) atoms. The Labute approximate surface area is 123 Å². The van der Waals surface area contributed by atoms with Crippen molar-refractivity contribution in [1.82, 2.24) is 9.88 Å². The first-order valence-electron chi connectivity index (χ1n) is 6.11. The first-order valence-corrected chi connectivity index (χ1v) is 6.11. The highest BCUT2D eigenvalue weighted by Gasteiger charge is 2.31. The molecular formula is C15H8FN3O3. The van der Waals surface area contributed by atoms with Crippen LogP contribution in [0, 0.1) is 18.2 Å². The summed E-state index contributed by atoms with van der Waals surface area (Å²) in [6.45, 7) is 0. The van der Waals surface area contributed by atoms with Gasteiger partial charge in [0.2, 0.25) is 0 Å². The van der Waals surface area contributed by atoms with Crippen molar-refractivity contribution in [1.29, 1.82) is 0 Å². The molecule has 0 saturated heterocycles. The highest BCUT2D eigenvalue weighted by molar-refractivity contribution is 6.23. The number of benzene rings is 1. The lowest BCUT2D eigenvalue weighted by Crippen LogP contribution is -2.24. The Morgan fingerprint density at radius 2 is 1.91 bits per heavy atom. The van der Waals surface area contributed by atoms with Crippen LogP contribution >= 0.6 is 0 Å². The number of imide groups is 1. The van der Waals surface area contributed by atoms with Gasteiger partial charge < -0.3 is 5.73 Å². The second-order valence-electron chi connectivity index (χ2n) is 4.58. The number of carbonyl (C=O) groups is 2. The molecule has 0 spiro atoms. The molecule has 0 unspecified atom stereocenters. The summed E-state index contributed by atoms with van der Waals surface area (Å²) >= 11 is 0. The minimum absolute atomic E-state index is 0.0319. The van der Waals surface area contributed by atoms with Gasteiger partial charge >= 0.3 is 0 Å². The van der Waals surface area contributed by atoms with E-state index in [9.17, 15) is 18.8 Å². The zero-order valence-corrected chi connectivity index (χ0v) is 11.0. The molecule has 2 heterocycles. The number of halogens is 1. The van der Waals surface area contributed by atoms with Crippen LogP contribution in [0.4, 0.5) is 10.2 Å². The van der Waals surface area contributed by atoms with Crippen molar-refractivity contribution in [2.24, 2.45) is 0 Å². The largest absolute Gasteiger partial charge is 0.384 e. The van der Waals surface area contributed by atoms with Gasteiger partial charge in [-0.05, 0) is 18.2 Å². The van der Waals surface area contributed by atoms with Crippen LogP contribution in [0.5, 0.6) is 0 Å². The van der Waals surface area contributed by atoms with Crippen molar-refractivity contribution >= 4 is 17.6 Å². The fourth-order valence-electron chi connectivity index (χ4n) is 2.31. The van der Waals surface area contributed by atoms with Crippen LogP contribution in [0.25, 0.3) is 5.69 Å². The molecule has 0 radical (unpaired) electrons. The molecular weight excluding hydrogens is 289 g/mol. The lowest BCUT2D eigenvalue weighted by molar-refractivity contribution is 0.0880. The number of nitrogens with zero attached hydrogens (tertiary/aromatic N) is 1. The standard InChI is InChI=1S/C15H8FN3O3/c1-2-7-3-4-8(5-10(7)16)19-11(20)6-9-12(13(19)17)15(22)18-14(9)21/h1,3-6H,17H2,(H,18,21,22). The van der Waals surface area contributed by atoms with Crippen molar-refractivity contribution in [3.8, 4) is 18.0 Å². The first-order chi connectivity index (χ1) is 10.4. The second kappa shape index (κ2) is 4.56. The van der Waals surface area contributed by atoms with E-state index < -0.39 is 23.2 Å². The summed E-state index contributed by atoms with van der Waals surface area (Å²) in [4.78, 5) is 35.4. The minimum Gasteiger partial charge on any atom is -0.384 e. The van der Waals surface area contributed by atoms with Crippen molar-refractivity contribution in [2.45, 2.75) is 0 Å². The SMILES string of the molecule is C#Cc1ccc(-n2c(N)c3c(cc2=O)C(=O)NC3=O)cc1F. The highest BCUT2D eigenvalue weighted by atomic mass is 19.1. The third-order valence-corrected chi connectivity index (χ3v) is 3.32. The molecule has 1 aliphatic rings. The van der Waals surface area contributed by atoms with Gasteiger partial charge in [0, 0.05) is 6.07 Å². The Balaban J connectivity index is 2.30. The molecule has 0 atom stereocenters. The van der Waals surface area contributed by atoms with Crippen molar-refractivity contribution in [3.63, 3.8) is 0 Å². The fraction of sp³-hybridized carbons (Fsp3) is 0. The van der Waals surface area contributed by atoms with Gasteiger partial charge in [-0.25, -0.2) is 4.39 Å². The molecule has 3 N–H and O–H groups in total. The predicted molar refractivity (Wildman–Crippen MR) is 76.1 cm³/mol. The average molecular weight is 297 g/mol. The van der Waals surface area contributed by atoms with E-state index in [4.69, 9.17) is 12.2 Å². The molecule has 0 saturated carbocycles. The number of hydrogen-bond acceptors (Lipinski definition) is 4. The van der Waals surface area contributed by atoms with Gasteiger partial charge in [-0.2, -0.15) is 0 Å². The molecule has 0 fully saturated rings. The Bertz CT molecular complexity index is 954. The van der Waals surface area contributed by atoms with Crippen LogP contribution in [0.3, 0.4) is 0 Å². The van der Waals surface area contributed by atoms with Gasteiger partial charge in [0.05, 0.1) is 22.4 Å². The number of rotatable bonds is 1. The minimum atomic E-state index is -0.702. The number of nitrogens with two attached hydrogens (primary N) is 1. The van der Waals surface area contributed by atoms with Crippen LogP contribution in [0.15, 0.2) is 29.1 Å². The maximum absolute atomic E-state index is 13.8. The van der Waals surface area contributed by atoms with E-state index in [1.165, 1.54) is 12.1 Å². The number of nitrogens with one attached hydrogen (secondary N) is 1. The molecule has 7 heteroatoms. The summed E-state index contributed by atoms with van der Waals surface area (Å²) in [5.41, 5.74) is 5.11. The molecule has 2 amide bonds. The van der Waals surface area contributed by atoms with E-state index in [1.54, 1.807) is 0 Å². The lowest BCUT2D eigenvalue weighted by atomic mass is 10.1. The third kappa shape index (κ3) is 1.78. The number of terminal acetylenes is 1. The number of aromatic nitrogens is 1. The smallest absolute Gasteiger partial charge is 0.262 e. The van der Waals surface area contributed by atoms with Crippen LogP contribution in [-0.4, -0.2) is 16.4 Å². The predicted octanol–water partition coefficient (Wildman–Crippen LogP) is 0.424. The Hall–Kier alpha value is -3.40. The van der Waals surface area contributed by atoms with E-state index in [0.717, 1.165) is 16.7 Å². The maximum atomic E-state index is 13.8. The zero-order valence-electron chi connectivity index (χ0n) is 11.0. The molecule has 2 aromatic rings. The average Bonchev–Trinajstić information content (AvgIpc) is 2.74. The van der Waals surface area contributed by atoms with Crippen LogP contribution in [0.2, 0.25) is 0 Å². The highest BCUT2D eigenvalue weighted by Crippen LogP contribution is 2.23. The summed E-state index contributed by atoms with van der Waals surface area (Å²) in [6.07, 6.45) is 5.13. The summed E-state index contributed by atoms with van der Waals surface area (Å²) in [7, 11) is 0. The van der Waals surface area contributed by atoms with Crippen molar-refractivity contribution in [3.05, 3.63) is 57.1 Å². The molecule has 6 nitrogen and oxygen atoms in total. The molecule has 1 aromatic carbocycles. The Morgan fingerprint density at radius 3 is 2.55 bits per heavy atom. The zero-order chi connectivity index (χ0) is 16.0.